The topological polar surface area (TPSA) is 26.3 Å². The Morgan fingerprint density at radius 3 is 1.76 bits per heavy atom. The molecule has 0 atom stereocenters. The van der Waals surface area contributed by atoms with Gasteiger partial charge in [-0.3, -0.25) is 0 Å². The molecular weight excluding hydrogens is 512 g/mol. The van der Waals surface area contributed by atoms with Gasteiger partial charge in [-0.2, -0.15) is 0 Å². The molecular formula is C40H24O2. The standard InChI is InChI=1S/C40H24O2/c1-2-9-26(10-3-1)38-30-11-4-6-13-32(30)39(33-14-7-5-12-31(33)38)27-19-17-25(18-20-27)29-15-8-16-34-35-24-36-28(21-22-41-36)23-37(35)42-40(29)34/h1-24H/i4D,5D,6D,7D,11D,12D,13D,14D. The third-order valence-electron chi connectivity index (χ3n) is 7.99. The second-order valence-electron chi connectivity index (χ2n) is 10.3. The number of benzene rings is 7. The summed E-state index contributed by atoms with van der Waals surface area (Å²) in [4.78, 5) is 0. The minimum Gasteiger partial charge on any atom is -0.464 e. The van der Waals surface area contributed by atoms with E-state index in [1.807, 2.05) is 66.7 Å². The van der Waals surface area contributed by atoms with Crippen LogP contribution in [0, 0.1) is 0 Å². The number of hydrogen-bond acceptors (Lipinski definition) is 2. The van der Waals surface area contributed by atoms with Crippen LogP contribution in [0.1, 0.15) is 11.0 Å². The van der Waals surface area contributed by atoms with Crippen molar-refractivity contribution < 1.29 is 19.8 Å². The molecule has 0 unspecified atom stereocenters. The van der Waals surface area contributed by atoms with Crippen LogP contribution in [0.15, 0.2) is 154 Å². The molecule has 2 nitrogen and oxygen atoms in total. The monoisotopic (exact) mass is 544 g/mol. The number of fused-ring (bicyclic) bond motifs is 6. The number of furan rings is 2. The Labute approximate surface area is 253 Å². The van der Waals surface area contributed by atoms with Crippen molar-refractivity contribution in [3.63, 3.8) is 0 Å². The molecule has 0 aliphatic heterocycles. The van der Waals surface area contributed by atoms with Crippen molar-refractivity contribution in [3.8, 4) is 33.4 Å². The molecule has 0 N–H and O–H groups in total. The van der Waals surface area contributed by atoms with Crippen molar-refractivity contribution in [1.82, 2.24) is 0 Å². The van der Waals surface area contributed by atoms with E-state index < -0.39 is 24.2 Å². The molecule has 0 fully saturated rings. The van der Waals surface area contributed by atoms with E-state index >= 15 is 0 Å². The Bertz CT molecular complexity index is 2810. The molecule has 0 aliphatic rings. The summed E-state index contributed by atoms with van der Waals surface area (Å²) < 4.78 is 82.9. The fourth-order valence-corrected chi connectivity index (χ4v) is 6.10. The maximum atomic E-state index is 9.13. The zero-order valence-corrected chi connectivity index (χ0v) is 22.1. The molecule has 7 aromatic carbocycles. The molecule has 2 heteroatoms. The summed E-state index contributed by atoms with van der Waals surface area (Å²) >= 11 is 0. The average molecular weight is 545 g/mol. The zero-order valence-electron chi connectivity index (χ0n) is 30.1. The van der Waals surface area contributed by atoms with Gasteiger partial charge in [-0.1, -0.05) is 121 Å². The van der Waals surface area contributed by atoms with Crippen LogP contribution in [0.2, 0.25) is 0 Å². The Morgan fingerprint density at radius 1 is 0.476 bits per heavy atom. The average Bonchev–Trinajstić information content (AvgIpc) is 3.76. The van der Waals surface area contributed by atoms with E-state index in [9.17, 15) is 0 Å². The lowest BCUT2D eigenvalue weighted by molar-refractivity contribution is 0.616. The van der Waals surface area contributed by atoms with Crippen molar-refractivity contribution in [3.05, 3.63) is 146 Å². The fraction of sp³-hybridized carbons (Fsp3) is 0. The van der Waals surface area contributed by atoms with Gasteiger partial charge in [0, 0.05) is 21.7 Å². The van der Waals surface area contributed by atoms with Crippen LogP contribution in [0.5, 0.6) is 0 Å². The van der Waals surface area contributed by atoms with E-state index in [0.29, 0.717) is 27.8 Å². The smallest absolute Gasteiger partial charge is 0.143 e. The molecule has 0 bridgehead atoms. The molecule has 0 amide bonds. The molecule has 42 heavy (non-hydrogen) atoms. The van der Waals surface area contributed by atoms with Gasteiger partial charge in [-0.25, -0.2) is 0 Å². The van der Waals surface area contributed by atoms with E-state index in [1.54, 1.807) is 30.5 Å². The zero-order chi connectivity index (χ0) is 34.6. The van der Waals surface area contributed by atoms with Crippen LogP contribution in [-0.2, 0) is 0 Å². The van der Waals surface area contributed by atoms with Crippen molar-refractivity contribution in [2.75, 3.05) is 0 Å². The molecule has 0 spiro atoms. The lowest BCUT2D eigenvalue weighted by Crippen LogP contribution is -1.90. The van der Waals surface area contributed by atoms with Crippen molar-refractivity contribution in [2.24, 2.45) is 0 Å². The predicted molar refractivity (Wildman–Crippen MR) is 175 cm³/mol. The summed E-state index contributed by atoms with van der Waals surface area (Å²) in [5.41, 5.74) is 5.64. The highest BCUT2D eigenvalue weighted by Crippen LogP contribution is 2.44. The third kappa shape index (κ3) is 3.39. The molecule has 9 aromatic rings. The highest BCUT2D eigenvalue weighted by molar-refractivity contribution is 6.21. The van der Waals surface area contributed by atoms with Gasteiger partial charge in [0.15, 0.2) is 0 Å². The van der Waals surface area contributed by atoms with Crippen molar-refractivity contribution >= 4 is 54.5 Å². The van der Waals surface area contributed by atoms with Crippen LogP contribution in [0.4, 0.5) is 0 Å². The Morgan fingerprint density at radius 2 is 1.10 bits per heavy atom. The summed E-state index contributed by atoms with van der Waals surface area (Å²) in [6.07, 6.45) is 1.65. The molecule has 2 heterocycles. The lowest BCUT2D eigenvalue weighted by Gasteiger charge is -2.18. The first-order chi connectivity index (χ1) is 24.2. The summed E-state index contributed by atoms with van der Waals surface area (Å²) in [5.74, 6) is 0. The van der Waals surface area contributed by atoms with Crippen molar-refractivity contribution in [2.45, 2.75) is 0 Å². The second kappa shape index (κ2) is 8.95. The fourth-order valence-electron chi connectivity index (χ4n) is 6.10. The Balaban J connectivity index is 1.36. The first-order valence-corrected chi connectivity index (χ1v) is 13.6. The van der Waals surface area contributed by atoms with Gasteiger partial charge in [0.25, 0.3) is 0 Å². The van der Waals surface area contributed by atoms with E-state index in [4.69, 9.17) is 19.8 Å². The van der Waals surface area contributed by atoms with Crippen LogP contribution in [-0.4, -0.2) is 0 Å². The largest absolute Gasteiger partial charge is 0.464 e. The highest BCUT2D eigenvalue weighted by Gasteiger charge is 2.17. The second-order valence-corrected chi connectivity index (χ2v) is 10.3. The van der Waals surface area contributed by atoms with Gasteiger partial charge in [0.2, 0.25) is 0 Å². The van der Waals surface area contributed by atoms with Gasteiger partial charge in [0.1, 0.15) is 16.7 Å². The van der Waals surface area contributed by atoms with Gasteiger partial charge in [-0.05, 0) is 67.6 Å². The number of rotatable bonds is 3. The first kappa shape index (κ1) is 16.6. The van der Waals surface area contributed by atoms with Crippen LogP contribution >= 0.6 is 0 Å². The highest BCUT2D eigenvalue weighted by atomic mass is 16.3. The quantitative estimate of drug-likeness (QED) is 0.207. The number of hydrogen-bond donors (Lipinski definition) is 0. The van der Waals surface area contributed by atoms with Crippen LogP contribution < -0.4 is 0 Å². The molecule has 196 valence electrons. The van der Waals surface area contributed by atoms with E-state index in [-0.39, 0.29) is 45.7 Å². The first-order valence-electron chi connectivity index (χ1n) is 17.6. The summed E-state index contributed by atoms with van der Waals surface area (Å²) in [5, 5.41) is 3.55. The van der Waals surface area contributed by atoms with Gasteiger partial charge >= 0.3 is 0 Å². The summed E-state index contributed by atoms with van der Waals surface area (Å²) in [6.45, 7) is 0. The van der Waals surface area contributed by atoms with Gasteiger partial charge in [-0.15, -0.1) is 0 Å². The minimum absolute atomic E-state index is 0.184. The summed E-state index contributed by atoms with van der Waals surface area (Å²) in [7, 11) is 0. The minimum atomic E-state index is -0.428. The van der Waals surface area contributed by atoms with E-state index in [1.165, 1.54) is 0 Å². The van der Waals surface area contributed by atoms with Gasteiger partial charge < -0.3 is 8.83 Å². The lowest BCUT2D eigenvalue weighted by atomic mass is 9.85. The van der Waals surface area contributed by atoms with Crippen LogP contribution in [0.3, 0.4) is 0 Å². The maximum absolute atomic E-state index is 9.13. The maximum Gasteiger partial charge on any atom is 0.143 e. The number of para-hydroxylation sites is 1. The van der Waals surface area contributed by atoms with Crippen LogP contribution in [0.25, 0.3) is 87.8 Å². The Kier molecular flexibility index (Phi) is 3.54. The normalized spacial score (nSPS) is 14.5. The molecule has 0 radical (unpaired) electrons. The summed E-state index contributed by atoms with van der Waals surface area (Å²) in [6, 6.07) is 25.3. The Hall–Kier alpha value is -5.60. The molecule has 2 aromatic heterocycles. The van der Waals surface area contributed by atoms with Gasteiger partial charge in [0.05, 0.1) is 17.2 Å². The predicted octanol–water partition coefficient (Wildman–Crippen LogP) is 11.6. The molecule has 0 saturated carbocycles. The molecule has 9 rings (SSSR count). The van der Waals surface area contributed by atoms with E-state index in [2.05, 4.69) is 0 Å². The molecule has 0 aliphatic carbocycles. The van der Waals surface area contributed by atoms with Crippen molar-refractivity contribution in [1.29, 1.82) is 0 Å². The van der Waals surface area contributed by atoms with E-state index in [0.717, 1.165) is 38.5 Å². The third-order valence-corrected chi connectivity index (χ3v) is 7.99. The SMILES string of the molecule is [2H]c1c([2H])c([2H])c2c(-c3ccc(-c4cccc5c4oc4cc6ccoc6cc45)cc3)c3c([2H])c([2H])c([2H])c([2H])c3c(-c3ccccc3)c2c1[2H]. The molecule has 0 saturated heterocycles.